The summed E-state index contributed by atoms with van der Waals surface area (Å²) in [6.07, 6.45) is 3.25. The van der Waals surface area contributed by atoms with E-state index in [1.807, 2.05) is 30.3 Å². The summed E-state index contributed by atoms with van der Waals surface area (Å²) >= 11 is 0. The van der Waals surface area contributed by atoms with E-state index in [-0.39, 0.29) is 6.10 Å². The molecule has 0 spiro atoms. The normalized spacial score (nSPS) is 12.8. The maximum absolute atomic E-state index is 10.1. The van der Waals surface area contributed by atoms with Crippen LogP contribution in [0, 0.1) is 0 Å². The molecule has 3 heteroatoms. The summed E-state index contributed by atoms with van der Waals surface area (Å²) in [4.78, 5) is 2.23. The third kappa shape index (κ3) is 4.83. The third-order valence-electron chi connectivity index (χ3n) is 3.30. The topological polar surface area (TPSA) is 36.6 Å². The molecule has 0 unspecified atom stereocenters. The predicted molar refractivity (Wildman–Crippen MR) is 80.2 cm³/mol. The quantitative estimate of drug-likeness (QED) is 0.800. The maximum Gasteiger partial charge on any atom is 0.117 e. The second-order valence-corrected chi connectivity index (χ2v) is 5.18. The largest absolute Gasteiger partial charge is 0.468 e. The SMILES string of the molecule is CCC[C@@H](O)CN(Cc1ccccc1)Cc1ccco1. The molecule has 0 aliphatic heterocycles. The molecule has 0 aliphatic rings. The monoisotopic (exact) mass is 273 g/mol. The summed E-state index contributed by atoms with van der Waals surface area (Å²) in [5.41, 5.74) is 1.25. The summed E-state index contributed by atoms with van der Waals surface area (Å²) in [7, 11) is 0. The van der Waals surface area contributed by atoms with Crippen LogP contribution in [0.1, 0.15) is 31.1 Å². The van der Waals surface area contributed by atoms with Crippen molar-refractivity contribution in [1.82, 2.24) is 4.90 Å². The second-order valence-electron chi connectivity index (χ2n) is 5.18. The van der Waals surface area contributed by atoms with Crippen LogP contribution in [0.2, 0.25) is 0 Å². The molecule has 1 heterocycles. The molecule has 0 saturated carbocycles. The number of rotatable bonds is 8. The third-order valence-corrected chi connectivity index (χ3v) is 3.30. The minimum absolute atomic E-state index is 0.279. The van der Waals surface area contributed by atoms with Crippen LogP contribution in [0.3, 0.4) is 0 Å². The lowest BCUT2D eigenvalue weighted by Crippen LogP contribution is -2.31. The number of furan rings is 1. The van der Waals surface area contributed by atoms with Crippen molar-refractivity contribution in [2.75, 3.05) is 6.54 Å². The highest BCUT2D eigenvalue weighted by Gasteiger charge is 2.13. The summed E-state index contributed by atoms with van der Waals surface area (Å²) in [6, 6.07) is 14.2. The van der Waals surface area contributed by atoms with Gasteiger partial charge in [-0.3, -0.25) is 4.90 Å². The molecule has 0 radical (unpaired) electrons. The fourth-order valence-electron chi connectivity index (χ4n) is 2.37. The van der Waals surface area contributed by atoms with Gasteiger partial charge in [0.05, 0.1) is 18.9 Å². The molecule has 0 bridgehead atoms. The van der Waals surface area contributed by atoms with Crippen LogP contribution in [-0.4, -0.2) is 22.7 Å². The summed E-state index contributed by atoms with van der Waals surface area (Å²) in [5, 5.41) is 10.1. The molecule has 1 aromatic heterocycles. The Morgan fingerprint density at radius 2 is 1.90 bits per heavy atom. The van der Waals surface area contributed by atoms with Crippen molar-refractivity contribution in [3.05, 3.63) is 60.1 Å². The first kappa shape index (κ1) is 14.8. The van der Waals surface area contributed by atoms with Gasteiger partial charge in [-0.05, 0) is 24.1 Å². The van der Waals surface area contributed by atoms with Gasteiger partial charge in [-0.1, -0.05) is 43.7 Å². The van der Waals surface area contributed by atoms with Crippen molar-refractivity contribution in [3.8, 4) is 0 Å². The standard InChI is InChI=1S/C17H23NO2/c1-2-7-16(19)13-18(14-17-10-6-11-20-17)12-15-8-4-3-5-9-15/h3-6,8-11,16,19H,2,7,12-14H2,1H3/t16-/m1/s1. The Morgan fingerprint density at radius 1 is 1.10 bits per heavy atom. The Balaban J connectivity index is 1.99. The first-order valence-electron chi connectivity index (χ1n) is 7.24. The zero-order chi connectivity index (χ0) is 14.2. The molecule has 1 atom stereocenters. The van der Waals surface area contributed by atoms with Crippen LogP contribution in [0.5, 0.6) is 0 Å². The minimum Gasteiger partial charge on any atom is -0.468 e. The molecule has 2 rings (SSSR count). The Kier molecular flexibility index (Phi) is 5.84. The smallest absolute Gasteiger partial charge is 0.117 e. The van der Waals surface area contributed by atoms with Crippen LogP contribution in [0.15, 0.2) is 53.1 Å². The Labute approximate surface area is 120 Å². The van der Waals surface area contributed by atoms with Crippen LogP contribution >= 0.6 is 0 Å². The van der Waals surface area contributed by atoms with Crippen molar-refractivity contribution in [2.24, 2.45) is 0 Å². The van der Waals surface area contributed by atoms with Crippen LogP contribution in [0.25, 0.3) is 0 Å². The lowest BCUT2D eigenvalue weighted by atomic mass is 10.1. The van der Waals surface area contributed by atoms with Crippen molar-refractivity contribution < 1.29 is 9.52 Å². The van der Waals surface area contributed by atoms with E-state index in [4.69, 9.17) is 4.42 Å². The van der Waals surface area contributed by atoms with Crippen molar-refractivity contribution in [2.45, 2.75) is 39.0 Å². The molecule has 3 nitrogen and oxygen atoms in total. The lowest BCUT2D eigenvalue weighted by Gasteiger charge is -2.24. The van der Waals surface area contributed by atoms with Gasteiger partial charge in [0.15, 0.2) is 0 Å². The highest BCUT2D eigenvalue weighted by Crippen LogP contribution is 2.12. The minimum atomic E-state index is -0.279. The first-order chi connectivity index (χ1) is 9.78. The molecule has 0 saturated heterocycles. The average molecular weight is 273 g/mol. The van der Waals surface area contributed by atoms with Crippen LogP contribution in [0.4, 0.5) is 0 Å². The molecule has 1 N–H and O–H groups in total. The molecule has 0 aliphatic carbocycles. The number of aliphatic hydroxyl groups is 1. The Morgan fingerprint density at radius 3 is 2.55 bits per heavy atom. The van der Waals surface area contributed by atoms with Crippen LogP contribution in [-0.2, 0) is 13.1 Å². The highest BCUT2D eigenvalue weighted by molar-refractivity contribution is 5.14. The van der Waals surface area contributed by atoms with E-state index in [2.05, 4.69) is 24.0 Å². The van der Waals surface area contributed by atoms with Crippen molar-refractivity contribution in [1.29, 1.82) is 0 Å². The zero-order valence-corrected chi connectivity index (χ0v) is 12.0. The number of benzene rings is 1. The molecule has 0 amide bonds. The van der Waals surface area contributed by atoms with E-state index in [9.17, 15) is 5.11 Å². The molecule has 20 heavy (non-hydrogen) atoms. The Bertz CT molecular complexity index is 467. The van der Waals surface area contributed by atoms with Crippen LogP contribution < -0.4 is 0 Å². The zero-order valence-electron chi connectivity index (χ0n) is 12.0. The van der Waals surface area contributed by atoms with E-state index in [1.165, 1.54) is 5.56 Å². The molecule has 2 aromatic rings. The van der Waals surface area contributed by atoms with E-state index in [0.29, 0.717) is 6.54 Å². The summed E-state index contributed by atoms with van der Waals surface area (Å²) < 4.78 is 5.42. The summed E-state index contributed by atoms with van der Waals surface area (Å²) in [5.74, 6) is 0.935. The van der Waals surface area contributed by atoms with Crippen molar-refractivity contribution in [3.63, 3.8) is 0 Å². The first-order valence-corrected chi connectivity index (χ1v) is 7.24. The van der Waals surface area contributed by atoms with E-state index in [0.717, 1.165) is 31.7 Å². The number of aliphatic hydroxyl groups excluding tert-OH is 1. The van der Waals surface area contributed by atoms with Gasteiger partial charge in [0.1, 0.15) is 5.76 Å². The molecular formula is C17H23NO2. The van der Waals surface area contributed by atoms with Gasteiger partial charge in [0, 0.05) is 13.1 Å². The van der Waals surface area contributed by atoms with Gasteiger partial charge in [-0.2, -0.15) is 0 Å². The van der Waals surface area contributed by atoms with Gasteiger partial charge < -0.3 is 9.52 Å². The summed E-state index contributed by atoms with van der Waals surface area (Å²) in [6.45, 7) is 4.31. The number of hydrogen-bond acceptors (Lipinski definition) is 3. The van der Waals surface area contributed by atoms with Gasteiger partial charge in [-0.15, -0.1) is 0 Å². The van der Waals surface area contributed by atoms with Gasteiger partial charge in [-0.25, -0.2) is 0 Å². The van der Waals surface area contributed by atoms with Gasteiger partial charge >= 0.3 is 0 Å². The van der Waals surface area contributed by atoms with Crippen molar-refractivity contribution >= 4 is 0 Å². The fourth-order valence-corrected chi connectivity index (χ4v) is 2.37. The van der Waals surface area contributed by atoms with Gasteiger partial charge in [0.2, 0.25) is 0 Å². The Hall–Kier alpha value is -1.58. The predicted octanol–water partition coefficient (Wildman–Crippen LogP) is 3.44. The fraction of sp³-hybridized carbons (Fsp3) is 0.412. The average Bonchev–Trinajstić information content (AvgIpc) is 2.93. The molecular weight excluding hydrogens is 250 g/mol. The highest BCUT2D eigenvalue weighted by atomic mass is 16.3. The second kappa shape index (κ2) is 7.88. The van der Waals surface area contributed by atoms with Gasteiger partial charge in [0.25, 0.3) is 0 Å². The van der Waals surface area contributed by atoms with E-state index < -0.39 is 0 Å². The maximum atomic E-state index is 10.1. The molecule has 108 valence electrons. The number of nitrogens with zero attached hydrogens (tertiary/aromatic N) is 1. The number of hydrogen-bond donors (Lipinski definition) is 1. The molecule has 0 fully saturated rings. The van der Waals surface area contributed by atoms with E-state index in [1.54, 1.807) is 6.26 Å². The van der Waals surface area contributed by atoms with E-state index >= 15 is 0 Å². The molecule has 1 aromatic carbocycles. The lowest BCUT2D eigenvalue weighted by molar-refractivity contribution is 0.0932.